The third kappa shape index (κ3) is 4.78. The highest BCUT2D eigenvalue weighted by molar-refractivity contribution is 7.89. The summed E-state index contributed by atoms with van der Waals surface area (Å²) in [6, 6.07) is 7.31. The number of hydrogen-bond donors (Lipinski definition) is 2. The molecule has 5 nitrogen and oxygen atoms in total. The zero-order chi connectivity index (χ0) is 15.5. The van der Waals surface area contributed by atoms with Crippen LogP contribution in [-0.4, -0.2) is 39.5 Å². The minimum Gasteiger partial charge on any atom is -0.328 e. The molecule has 1 fully saturated rings. The van der Waals surface area contributed by atoms with Gasteiger partial charge in [0.15, 0.2) is 0 Å². The summed E-state index contributed by atoms with van der Waals surface area (Å²) in [5.41, 5.74) is 6.95. The second kappa shape index (κ2) is 6.87. The molecule has 118 valence electrons. The maximum absolute atomic E-state index is 12.4. The van der Waals surface area contributed by atoms with Gasteiger partial charge in [-0.2, -0.15) is 0 Å². The summed E-state index contributed by atoms with van der Waals surface area (Å²) in [6.07, 6.45) is 3.40. The van der Waals surface area contributed by atoms with E-state index in [-0.39, 0.29) is 12.1 Å². The Balaban J connectivity index is 2.02. The van der Waals surface area contributed by atoms with Gasteiger partial charge in [-0.15, -0.1) is 0 Å². The molecule has 0 unspecified atom stereocenters. The predicted molar refractivity (Wildman–Crippen MR) is 84.4 cm³/mol. The predicted octanol–water partition coefficient (Wildman–Crippen LogP) is 1.30. The average molecular weight is 311 g/mol. The van der Waals surface area contributed by atoms with Crippen LogP contribution in [0.25, 0.3) is 0 Å². The standard InChI is InChI=1S/C15H25N3O2S/c1-18(2)11-12-3-9-15(10-4-12)21(19,20)17-14-7-5-13(16)6-8-14/h3-4,9-10,13-14,17H,5-8,11,16H2,1-2H3. The van der Waals surface area contributed by atoms with E-state index >= 15 is 0 Å². The number of sulfonamides is 1. The van der Waals surface area contributed by atoms with E-state index in [1.807, 2.05) is 31.1 Å². The molecule has 1 saturated carbocycles. The van der Waals surface area contributed by atoms with Gasteiger partial charge in [-0.3, -0.25) is 0 Å². The summed E-state index contributed by atoms with van der Waals surface area (Å²) in [5.74, 6) is 0. The van der Waals surface area contributed by atoms with E-state index in [4.69, 9.17) is 5.73 Å². The lowest BCUT2D eigenvalue weighted by Crippen LogP contribution is -2.40. The highest BCUT2D eigenvalue weighted by atomic mass is 32.2. The quantitative estimate of drug-likeness (QED) is 0.859. The molecular formula is C15H25N3O2S. The lowest BCUT2D eigenvalue weighted by Gasteiger charge is -2.26. The summed E-state index contributed by atoms with van der Waals surface area (Å²) in [4.78, 5) is 2.38. The van der Waals surface area contributed by atoms with Crippen LogP contribution in [0.1, 0.15) is 31.2 Å². The SMILES string of the molecule is CN(C)Cc1ccc(S(=O)(=O)NC2CCC(N)CC2)cc1. The molecule has 6 heteroatoms. The van der Waals surface area contributed by atoms with Gasteiger partial charge in [0.25, 0.3) is 0 Å². The molecule has 0 saturated heterocycles. The molecule has 0 spiro atoms. The van der Waals surface area contributed by atoms with Crippen molar-refractivity contribution in [3.63, 3.8) is 0 Å². The van der Waals surface area contributed by atoms with Gasteiger partial charge in [-0.25, -0.2) is 13.1 Å². The maximum atomic E-state index is 12.4. The molecule has 1 aromatic carbocycles. The van der Waals surface area contributed by atoms with Crippen molar-refractivity contribution in [2.24, 2.45) is 5.73 Å². The molecule has 0 radical (unpaired) electrons. The molecule has 0 aliphatic heterocycles. The fourth-order valence-corrected chi connectivity index (χ4v) is 3.97. The fourth-order valence-electron chi connectivity index (χ4n) is 2.66. The largest absolute Gasteiger partial charge is 0.328 e. The average Bonchev–Trinajstić information content (AvgIpc) is 2.41. The monoisotopic (exact) mass is 311 g/mol. The lowest BCUT2D eigenvalue weighted by atomic mass is 9.93. The third-order valence-electron chi connectivity index (χ3n) is 3.83. The summed E-state index contributed by atoms with van der Waals surface area (Å²) < 4.78 is 27.5. The molecule has 0 heterocycles. The van der Waals surface area contributed by atoms with E-state index in [1.165, 1.54) is 0 Å². The Morgan fingerprint density at radius 2 is 1.71 bits per heavy atom. The second-order valence-corrected chi connectivity index (χ2v) is 7.83. The third-order valence-corrected chi connectivity index (χ3v) is 5.36. The molecule has 1 aliphatic carbocycles. The first kappa shape index (κ1) is 16.4. The van der Waals surface area contributed by atoms with Crippen LogP contribution in [0.5, 0.6) is 0 Å². The molecule has 3 N–H and O–H groups in total. The Morgan fingerprint density at radius 3 is 2.24 bits per heavy atom. The summed E-state index contributed by atoms with van der Waals surface area (Å²) in [6.45, 7) is 0.800. The van der Waals surface area contributed by atoms with Crippen LogP contribution < -0.4 is 10.5 Å². The smallest absolute Gasteiger partial charge is 0.240 e. The first-order chi connectivity index (χ1) is 9.87. The Bertz CT molecular complexity index is 547. The number of nitrogens with two attached hydrogens (primary N) is 1. The van der Waals surface area contributed by atoms with E-state index in [2.05, 4.69) is 4.72 Å². The van der Waals surface area contributed by atoms with E-state index in [1.54, 1.807) is 12.1 Å². The number of rotatable bonds is 5. The molecule has 1 aliphatic rings. The van der Waals surface area contributed by atoms with Crippen LogP contribution in [0.2, 0.25) is 0 Å². The fraction of sp³-hybridized carbons (Fsp3) is 0.600. The van der Waals surface area contributed by atoms with Gasteiger partial charge in [0.05, 0.1) is 4.90 Å². The van der Waals surface area contributed by atoms with E-state index < -0.39 is 10.0 Å². The van der Waals surface area contributed by atoms with Gasteiger partial charge in [0.1, 0.15) is 0 Å². The van der Waals surface area contributed by atoms with Crippen molar-refractivity contribution < 1.29 is 8.42 Å². The maximum Gasteiger partial charge on any atom is 0.240 e. The molecule has 1 aromatic rings. The molecule has 0 atom stereocenters. The molecule has 0 aromatic heterocycles. The highest BCUT2D eigenvalue weighted by Gasteiger charge is 2.24. The Hall–Kier alpha value is -0.950. The van der Waals surface area contributed by atoms with Crippen molar-refractivity contribution in [3.05, 3.63) is 29.8 Å². The van der Waals surface area contributed by atoms with Gasteiger partial charge < -0.3 is 10.6 Å². The first-order valence-electron chi connectivity index (χ1n) is 7.38. The van der Waals surface area contributed by atoms with Gasteiger partial charge in [-0.1, -0.05) is 12.1 Å². The lowest BCUT2D eigenvalue weighted by molar-refractivity contribution is 0.373. The summed E-state index contributed by atoms with van der Waals surface area (Å²) >= 11 is 0. The van der Waals surface area contributed by atoms with Crippen LogP contribution in [0.15, 0.2) is 29.2 Å². The normalized spacial score (nSPS) is 23.4. The van der Waals surface area contributed by atoms with Gasteiger partial charge in [0.2, 0.25) is 10.0 Å². The molecule has 0 amide bonds. The van der Waals surface area contributed by atoms with E-state index in [9.17, 15) is 8.42 Å². The minimum absolute atomic E-state index is 0.0104. The van der Waals surface area contributed by atoms with Crippen molar-refractivity contribution in [2.45, 2.75) is 49.2 Å². The molecule has 0 bridgehead atoms. The summed E-state index contributed by atoms with van der Waals surface area (Å²) in [5, 5.41) is 0. The summed E-state index contributed by atoms with van der Waals surface area (Å²) in [7, 11) is 0.545. The zero-order valence-electron chi connectivity index (χ0n) is 12.7. The molecular weight excluding hydrogens is 286 g/mol. The second-order valence-electron chi connectivity index (χ2n) is 6.11. The van der Waals surface area contributed by atoms with Gasteiger partial charge in [-0.05, 0) is 57.5 Å². The van der Waals surface area contributed by atoms with Crippen molar-refractivity contribution in [1.29, 1.82) is 0 Å². The molecule has 21 heavy (non-hydrogen) atoms. The Morgan fingerprint density at radius 1 is 1.14 bits per heavy atom. The number of nitrogens with zero attached hydrogens (tertiary/aromatic N) is 1. The highest BCUT2D eigenvalue weighted by Crippen LogP contribution is 2.20. The minimum atomic E-state index is -3.43. The number of benzene rings is 1. The van der Waals surface area contributed by atoms with Crippen LogP contribution in [-0.2, 0) is 16.6 Å². The Labute approximate surface area is 127 Å². The van der Waals surface area contributed by atoms with Crippen molar-refractivity contribution in [1.82, 2.24) is 9.62 Å². The van der Waals surface area contributed by atoms with Crippen LogP contribution in [0.4, 0.5) is 0 Å². The van der Waals surface area contributed by atoms with Crippen molar-refractivity contribution in [2.75, 3.05) is 14.1 Å². The van der Waals surface area contributed by atoms with Crippen LogP contribution in [0, 0.1) is 0 Å². The Kier molecular flexibility index (Phi) is 5.37. The molecule has 2 rings (SSSR count). The van der Waals surface area contributed by atoms with Crippen molar-refractivity contribution in [3.8, 4) is 0 Å². The van der Waals surface area contributed by atoms with Gasteiger partial charge >= 0.3 is 0 Å². The van der Waals surface area contributed by atoms with Gasteiger partial charge in [0, 0.05) is 18.6 Å². The topological polar surface area (TPSA) is 75.4 Å². The van der Waals surface area contributed by atoms with Crippen LogP contribution in [0.3, 0.4) is 0 Å². The van der Waals surface area contributed by atoms with E-state index in [0.29, 0.717) is 4.90 Å². The first-order valence-corrected chi connectivity index (χ1v) is 8.87. The van der Waals surface area contributed by atoms with Crippen LogP contribution >= 0.6 is 0 Å². The number of hydrogen-bond acceptors (Lipinski definition) is 4. The van der Waals surface area contributed by atoms with E-state index in [0.717, 1.165) is 37.8 Å². The number of nitrogens with one attached hydrogen (secondary N) is 1. The zero-order valence-corrected chi connectivity index (χ0v) is 13.6. The van der Waals surface area contributed by atoms with Crippen molar-refractivity contribution >= 4 is 10.0 Å².